The Balaban J connectivity index is 1.30. The van der Waals surface area contributed by atoms with Crippen LogP contribution in [-0.2, 0) is 23.0 Å². The quantitative estimate of drug-likeness (QED) is 0.380. The second-order valence-electron chi connectivity index (χ2n) is 8.37. The molecule has 0 bridgehead atoms. The van der Waals surface area contributed by atoms with Gasteiger partial charge in [0.25, 0.3) is 10.0 Å². The summed E-state index contributed by atoms with van der Waals surface area (Å²) in [6.45, 7) is 2.30. The molecular weight excluding hydrogens is 446 g/mol. The third-order valence-electron chi connectivity index (χ3n) is 6.05. The average molecular weight is 474 g/mol. The van der Waals surface area contributed by atoms with Crippen molar-refractivity contribution in [2.45, 2.75) is 24.3 Å². The number of nitrogens with zero attached hydrogens (tertiary/aromatic N) is 2. The standard InChI is InChI=1S/C27H27N3O3S/c31-34(32,25-9-8-23-5-1-2-6-24(23)19-25)30-16-17-33-27-10-7-21(18-26(27)30)4-3-13-29-20-22-11-14-28-15-12-22/h1-2,5-12,14-15,18-19,29H,3-4,13,16-17,20H2. The SMILES string of the molecule is O=S(=O)(c1ccc2ccccc2c1)N1CCOc2ccc(CCCNCc3ccncc3)cc21. The van der Waals surface area contributed by atoms with Crippen molar-refractivity contribution >= 4 is 26.5 Å². The molecule has 1 aliphatic rings. The van der Waals surface area contributed by atoms with Crippen molar-refractivity contribution < 1.29 is 13.2 Å². The van der Waals surface area contributed by atoms with Crippen LogP contribution in [-0.4, -0.2) is 33.1 Å². The van der Waals surface area contributed by atoms with Crippen LogP contribution in [0.25, 0.3) is 10.8 Å². The highest BCUT2D eigenvalue weighted by molar-refractivity contribution is 7.92. The van der Waals surface area contributed by atoms with E-state index in [-0.39, 0.29) is 0 Å². The fourth-order valence-corrected chi connectivity index (χ4v) is 5.74. The topological polar surface area (TPSA) is 71.5 Å². The normalized spacial score (nSPS) is 13.5. The Labute approximate surface area is 200 Å². The number of rotatable bonds is 8. The summed E-state index contributed by atoms with van der Waals surface area (Å²) in [4.78, 5) is 4.33. The fraction of sp³-hybridized carbons (Fsp3) is 0.222. The fourth-order valence-electron chi connectivity index (χ4n) is 4.25. The molecule has 0 saturated heterocycles. The van der Waals surface area contributed by atoms with E-state index < -0.39 is 10.0 Å². The molecule has 5 rings (SSSR count). The summed E-state index contributed by atoms with van der Waals surface area (Å²) in [5, 5.41) is 5.37. The minimum absolute atomic E-state index is 0.291. The first-order chi connectivity index (χ1) is 16.6. The van der Waals surface area contributed by atoms with Crippen LogP contribution in [0.1, 0.15) is 17.5 Å². The molecular formula is C27H27N3O3S. The first-order valence-electron chi connectivity index (χ1n) is 11.5. The third kappa shape index (κ3) is 4.76. The van der Waals surface area contributed by atoms with Gasteiger partial charge in [0, 0.05) is 18.9 Å². The van der Waals surface area contributed by atoms with Crippen LogP contribution in [0.15, 0.2) is 90.1 Å². The molecule has 1 aliphatic heterocycles. The molecule has 0 unspecified atom stereocenters. The van der Waals surface area contributed by atoms with Crippen molar-refractivity contribution in [2.24, 2.45) is 0 Å². The molecule has 34 heavy (non-hydrogen) atoms. The van der Waals surface area contributed by atoms with E-state index >= 15 is 0 Å². The van der Waals surface area contributed by atoms with Crippen LogP contribution in [0.3, 0.4) is 0 Å². The first-order valence-corrected chi connectivity index (χ1v) is 12.9. The van der Waals surface area contributed by atoms with E-state index in [1.807, 2.05) is 60.7 Å². The van der Waals surface area contributed by atoms with Crippen molar-refractivity contribution in [1.29, 1.82) is 0 Å². The van der Waals surface area contributed by atoms with E-state index in [4.69, 9.17) is 4.74 Å². The number of sulfonamides is 1. The highest BCUT2D eigenvalue weighted by Gasteiger charge is 2.30. The number of benzene rings is 3. The molecule has 0 radical (unpaired) electrons. The molecule has 0 atom stereocenters. The van der Waals surface area contributed by atoms with Crippen molar-refractivity contribution in [3.8, 4) is 5.75 Å². The number of anilines is 1. The molecule has 3 aromatic carbocycles. The maximum Gasteiger partial charge on any atom is 0.264 e. The summed E-state index contributed by atoms with van der Waals surface area (Å²) in [6, 6.07) is 22.9. The zero-order valence-corrected chi connectivity index (χ0v) is 19.7. The Morgan fingerprint density at radius 3 is 2.59 bits per heavy atom. The number of pyridine rings is 1. The predicted molar refractivity (Wildman–Crippen MR) is 135 cm³/mol. The highest BCUT2D eigenvalue weighted by atomic mass is 32.2. The summed E-state index contributed by atoms with van der Waals surface area (Å²) in [6.07, 6.45) is 5.39. The predicted octanol–water partition coefficient (Wildman–Crippen LogP) is 4.54. The second kappa shape index (κ2) is 9.83. The van der Waals surface area contributed by atoms with E-state index in [0.717, 1.165) is 42.3 Å². The molecule has 0 saturated carbocycles. The Kier molecular flexibility index (Phi) is 6.47. The molecule has 6 nitrogen and oxygen atoms in total. The lowest BCUT2D eigenvalue weighted by Crippen LogP contribution is -2.38. The summed E-state index contributed by atoms with van der Waals surface area (Å²) in [5.74, 6) is 0.607. The van der Waals surface area contributed by atoms with E-state index in [1.54, 1.807) is 24.5 Å². The van der Waals surface area contributed by atoms with Crippen LogP contribution >= 0.6 is 0 Å². The van der Waals surface area contributed by atoms with Gasteiger partial charge in [-0.25, -0.2) is 8.42 Å². The maximum atomic E-state index is 13.6. The number of aromatic nitrogens is 1. The molecule has 1 aromatic heterocycles. The molecule has 0 fully saturated rings. The lowest BCUT2D eigenvalue weighted by atomic mass is 10.1. The molecule has 2 heterocycles. The number of fused-ring (bicyclic) bond motifs is 2. The zero-order chi connectivity index (χ0) is 23.4. The molecule has 1 N–H and O–H groups in total. The van der Waals surface area contributed by atoms with Gasteiger partial charge in [-0.05, 0) is 77.7 Å². The lowest BCUT2D eigenvalue weighted by molar-refractivity contribution is 0.315. The Hall–Kier alpha value is -3.42. The third-order valence-corrected chi connectivity index (χ3v) is 7.86. The second-order valence-corrected chi connectivity index (χ2v) is 10.2. The molecule has 7 heteroatoms. The van der Waals surface area contributed by atoms with Gasteiger partial charge in [-0.1, -0.05) is 36.4 Å². The number of nitrogens with one attached hydrogen (secondary N) is 1. The van der Waals surface area contributed by atoms with Crippen LogP contribution in [0.2, 0.25) is 0 Å². The monoisotopic (exact) mass is 473 g/mol. The summed E-state index contributed by atoms with van der Waals surface area (Å²) in [7, 11) is -3.71. The smallest absolute Gasteiger partial charge is 0.264 e. The van der Waals surface area contributed by atoms with Gasteiger partial charge in [0.15, 0.2) is 0 Å². The van der Waals surface area contributed by atoms with Gasteiger partial charge in [-0.2, -0.15) is 0 Å². The average Bonchev–Trinajstić information content (AvgIpc) is 2.88. The first kappa shape index (κ1) is 22.4. The van der Waals surface area contributed by atoms with Crippen LogP contribution in [0.4, 0.5) is 5.69 Å². The minimum Gasteiger partial charge on any atom is -0.489 e. The van der Waals surface area contributed by atoms with Gasteiger partial charge in [0.05, 0.1) is 17.1 Å². The molecule has 4 aromatic rings. The van der Waals surface area contributed by atoms with Gasteiger partial charge >= 0.3 is 0 Å². The van der Waals surface area contributed by atoms with Gasteiger partial charge in [-0.3, -0.25) is 9.29 Å². The van der Waals surface area contributed by atoms with Crippen molar-refractivity contribution in [3.05, 3.63) is 96.3 Å². The van der Waals surface area contributed by atoms with E-state index in [9.17, 15) is 8.42 Å². The Bertz CT molecular complexity index is 1390. The lowest BCUT2D eigenvalue weighted by Gasteiger charge is -2.31. The largest absolute Gasteiger partial charge is 0.489 e. The minimum atomic E-state index is -3.71. The van der Waals surface area contributed by atoms with E-state index in [0.29, 0.717) is 29.5 Å². The van der Waals surface area contributed by atoms with Gasteiger partial charge in [-0.15, -0.1) is 0 Å². The van der Waals surface area contributed by atoms with Crippen LogP contribution < -0.4 is 14.4 Å². The van der Waals surface area contributed by atoms with Crippen molar-refractivity contribution in [1.82, 2.24) is 10.3 Å². The van der Waals surface area contributed by atoms with Crippen LogP contribution in [0, 0.1) is 0 Å². The number of hydrogen-bond donors (Lipinski definition) is 1. The van der Waals surface area contributed by atoms with Crippen molar-refractivity contribution in [2.75, 3.05) is 24.0 Å². The van der Waals surface area contributed by atoms with Crippen molar-refractivity contribution in [3.63, 3.8) is 0 Å². The molecule has 0 amide bonds. The number of aryl methyl sites for hydroxylation is 1. The van der Waals surface area contributed by atoms with Gasteiger partial charge in [0.2, 0.25) is 0 Å². The number of ether oxygens (including phenoxy) is 1. The summed E-state index contributed by atoms with van der Waals surface area (Å²) in [5.41, 5.74) is 2.91. The molecule has 174 valence electrons. The maximum absolute atomic E-state index is 13.6. The molecule has 0 aliphatic carbocycles. The van der Waals surface area contributed by atoms with E-state index in [2.05, 4.69) is 10.3 Å². The zero-order valence-electron chi connectivity index (χ0n) is 18.9. The van der Waals surface area contributed by atoms with E-state index in [1.165, 1.54) is 9.87 Å². The summed E-state index contributed by atoms with van der Waals surface area (Å²) >= 11 is 0. The van der Waals surface area contributed by atoms with Crippen LogP contribution in [0.5, 0.6) is 5.75 Å². The number of hydrogen-bond acceptors (Lipinski definition) is 5. The van der Waals surface area contributed by atoms with Gasteiger partial charge < -0.3 is 10.1 Å². The Morgan fingerprint density at radius 2 is 1.74 bits per heavy atom. The van der Waals surface area contributed by atoms with Gasteiger partial charge in [0.1, 0.15) is 12.4 Å². The summed E-state index contributed by atoms with van der Waals surface area (Å²) < 4.78 is 34.5. The molecule has 0 spiro atoms. The Morgan fingerprint density at radius 1 is 0.912 bits per heavy atom. The highest BCUT2D eigenvalue weighted by Crippen LogP contribution is 2.36.